The summed E-state index contributed by atoms with van der Waals surface area (Å²) < 4.78 is 42.4. The monoisotopic (exact) mass is 433 g/mol. The van der Waals surface area contributed by atoms with Gasteiger partial charge in [0.25, 0.3) is 0 Å². The summed E-state index contributed by atoms with van der Waals surface area (Å²) in [6.45, 7) is 3.69. The molecule has 1 fully saturated rings. The normalized spacial score (nSPS) is 16.0. The molecule has 2 aromatic rings. The summed E-state index contributed by atoms with van der Waals surface area (Å²) in [6, 6.07) is -0.852. The molecule has 6 nitrogen and oxygen atoms in total. The van der Waals surface area contributed by atoms with Crippen molar-refractivity contribution in [2.45, 2.75) is 51.4 Å². The third-order valence-electron chi connectivity index (χ3n) is 4.66. The lowest BCUT2D eigenvalue weighted by molar-refractivity contribution is -0.142. The van der Waals surface area contributed by atoms with Crippen LogP contribution < -0.4 is 5.32 Å². The van der Waals surface area contributed by atoms with Crippen molar-refractivity contribution in [2.24, 2.45) is 7.05 Å². The Balaban J connectivity index is 1.81. The molecule has 142 valence electrons. The smallest absolute Gasteiger partial charge is 0.350 e. The molecule has 3 rings (SSSR count). The SMILES string of the molecule is Cc1c(CNC(=O)C(C)n2nc(C(F)(F)F)c(Br)c2C2CC2)cnn1C. The van der Waals surface area contributed by atoms with Gasteiger partial charge in [-0.1, -0.05) is 0 Å². The van der Waals surface area contributed by atoms with E-state index in [4.69, 9.17) is 0 Å². The van der Waals surface area contributed by atoms with Crippen molar-refractivity contribution < 1.29 is 18.0 Å². The Hall–Kier alpha value is -1.84. The summed E-state index contributed by atoms with van der Waals surface area (Å²) >= 11 is 3.04. The summed E-state index contributed by atoms with van der Waals surface area (Å²) in [4.78, 5) is 12.5. The van der Waals surface area contributed by atoms with Crippen LogP contribution in [0.1, 0.15) is 54.4 Å². The van der Waals surface area contributed by atoms with Crippen LogP contribution in [0.2, 0.25) is 0 Å². The highest BCUT2D eigenvalue weighted by molar-refractivity contribution is 9.10. The molecular formula is C16H19BrF3N5O. The second-order valence-electron chi connectivity index (χ2n) is 6.54. The topological polar surface area (TPSA) is 64.7 Å². The Bertz CT molecular complexity index is 838. The van der Waals surface area contributed by atoms with E-state index in [2.05, 4.69) is 31.4 Å². The quantitative estimate of drug-likeness (QED) is 0.784. The molecule has 26 heavy (non-hydrogen) atoms. The van der Waals surface area contributed by atoms with Crippen LogP contribution in [0.4, 0.5) is 13.2 Å². The lowest BCUT2D eigenvalue weighted by Crippen LogP contribution is -2.32. The van der Waals surface area contributed by atoms with Crippen LogP contribution in [0, 0.1) is 6.92 Å². The molecule has 0 aromatic carbocycles. The predicted molar refractivity (Wildman–Crippen MR) is 91.4 cm³/mol. The summed E-state index contributed by atoms with van der Waals surface area (Å²) in [5.74, 6) is -0.386. The van der Waals surface area contributed by atoms with Gasteiger partial charge in [-0.05, 0) is 42.6 Å². The molecule has 1 unspecified atom stereocenters. The highest BCUT2D eigenvalue weighted by Gasteiger charge is 2.43. The molecule has 1 amide bonds. The predicted octanol–water partition coefficient (Wildman–Crippen LogP) is 3.46. The van der Waals surface area contributed by atoms with E-state index in [1.54, 1.807) is 24.9 Å². The maximum Gasteiger partial charge on any atom is 0.436 e. The van der Waals surface area contributed by atoms with Crippen LogP contribution >= 0.6 is 15.9 Å². The van der Waals surface area contributed by atoms with Crippen molar-refractivity contribution in [1.82, 2.24) is 24.9 Å². The molecule has 0 saturated heterocycles. The van der Waals surface area contributed by atoms with Gasteiger partial charge in [0.2, 0.25) is 5.91 Å². The zero-order valence-corrected chi connectivity index (χ0v) is 16.1. The minimum Gasteiger partial charge on any atom is -0.350 e. The molecule has 2 heterocycles. The summed E-state index contributed by atoms with van der Waals surface area (Å²) in [6.07, 6.45) is -1.32. The van der Waals surface area contributed by atoms with Crippen molar-refractivity contribution in [3.05, 3.63) is 33.3 Å². The van der Waals surface area contributed by atoms with E-state index in [1.807, 2.05) is 6.92 Å². The first-order chi connectivity index (χ1) is 12.1. The Kier molecular flexibility index (Phi) is 4.89. The van der Waals surface area contributed by atoms with Crippen LogP contribution in [0.25, 0.3) is 0 Å². The molecule has 1 aliphatic rings. The number of aryl methyl sites for hydroxylation is 1. The average Bonchev–Trinajstić information content (AvgIpc) is 3.27. The summed E-state index contributed by atoms with van der Waals surface area (Å²) in [7, 11) is 1.80. The fourth-order valence-electron chi connectivity index (χ4n) is 2.79. The van der Waals surface area contributed by atoms with Gasteiger partial charge in [-0.15, -0.1) is 0 Å². The largest absolute Gasteiger partial charge is 0.436 e. The fourth-order valence-corrected chi connectivity index (χ4v) is 3.60. The maximum absolute atomic E-state index is 13.2. The minimum absolute atomic E-state index is 0.00351. The molecule has 10 heteroatoms. The first-order valence-corrected chi connectivity index (χ1v) is 9.00. The Morgan fingerprint density at radius 2 is 2.12 bits per heavy atom. The second kappa shape index (κ2) is 6.71. The highest BCUT2D eigenvalue weighted by Crippen LogP contribution is 2.47. The van der Waals surface area contributed by atoms with Crippen molar-refractivity contribution in [1.29, 1.82) is 0 Å². The number of hydrogen-bond acceptors (Lipinski definition) is 3. The van der Waals surface area contributed by atoms with Gasteiger partial charge in [0.05, 0.1) is 16.4 Å². The van der Waals surface area contributed by atoms with Gasteiger partial charge in [-0.2, -0.15) is 23.4 Å². The average molecular weight is 434 g/mol. The van der Waals surface area contributed by atoms with Crippen molar-refractivity contribution in [3.8, 4) is 0 Å². The number of aromatic nitrogens is 4. The van der Waals surface area contributed by atoms with Gasteiger partial charge in [0, 0.05) is 30.8 Å². The van der Waals surface area contributed by atoms with Gasteiger partial charge >= 0.3 is 6.18 Å². The number of nitrogens with one attached hydrogen (secondary N) is 1. The van der Waals surface area contributed by atoms with Gasteiger partial charge in [0.15, 0.2) is 5.69 Å². The maximum atomic E-state index is 13.2. The standard InChI is InChI=1S/C16H19BrF3N5O/c1-8-11(7-22-24(8)3)6-21-15(26)9(2)25-13(10-4-5-10)12(17)14(23-25)16(18,19)20/h7,9-10H,4-6H2,1-3H3,(H,21,26). The first-order valence-electron chi connectivity index (χ1n) is 8.21. The lowest BCUT2D eigenvalue weighted by Gasteiger charge is -2.16. The Morgan fingerprint density at radius 3 is 2.62 bits per heavy atom. The number of halogens is 4. The van der Waals surface area contributed by atoms with E-state index in [0.29, 0.717) is 5.69 Å². The van der Waals surface area contributed by atoms with Crippen molar-refractivity contribution in [2.75, 3.05) is 0 Å². The van der Waals surface area contributed by atoms with Crippen molar-refractivity contribution >= 4 is 21.8 Å². The van der Waals surface area contributed by atoms with Gasteiger partial charge in [0.1, 0.15) is 6.04 Å². The molecule has 1 N–H and O–H groups in total. The lowest BCUT2D eigenvalue weighted by atomic mass is 10.2. The molecule has 1 atom stereocenters. The Morgan fingerprint density at radius 1 is 1.46 bits per heavy atom. The van der Waals surface area contributed by atoms with E-state index >= 15 is 0 Å². The molecule has 2 aromatic heterocycles. The zero-order chi connectivity index (χ0) is 19.2. The second-order valence-corrected chi connectivity index (χ2v) is 7.33. The highest BCUT2D eigenvalue weighted by atomic mass is 79.9. The van der Waals surface area contributed by atoms with Crippen LogP contribution in [-0.2, 0) is 24.6 Å². The first kappa shape index (κ1) is 18.9. The molecular weight excluding hydrogens is 415 g/mol. The van der Waals surface area contributed by atoms with E-state index < -0.39 is 17.9 Å². The van der Waals surface area contributed by atoms with Crippen LogP contribution in [0.15, 0.2) is 10.7 Å². The van der Waals surface area contributed by atoms with E-state index in [9.17, 15) is 18.0 Å². The van der Waals surface area contributed by atoms with Crippen molar-refractivity contribution in [3.63, 3.8) is 0 Å². The van der Waals surface area contributed by atoms with Crippen LogP contribution in [-0.4, -0.2) is 25.5 Å². The van der Waals surface area contributed by atoms with E-state index in [0.717, 1.165) is 24.1 Å². The van der Waals surface area contributed by atoms with Gasteiger partial charge in [-0.3, -0.25) is 14.2 Å². The third kappa shape index (κ3) is 3.51. The van der Waals surface area contributed by atoms with E-state index in [-0.39, 0.29) is 22.8 Å². The van der Waals surface area contributed by atoms with Crippen LogP contribution in [0.3, 0.4) is 0 Å². The number of carbonyl (C=O) groups is 1. The molecule has 0 bridgehead atoms. The number of alkyl halides is 3. The molecule has 0 spiro atoms. The third-order valence-corrected chi connectivity index (χ3v) is 5.44. The number of amides is 1. The Labute approximate surface area is 156 Å². The van der Waals surface area contributed by atoms with E-state index in [1.165, 1.54) is 4.68 Å². The molecule has 1 saturated carbocycles. The number of hydrogen-bond donors (Lipinski definition) is 1. The number of carbonyl (C=O) groups excluding carboxylic acids is 1. The molecule has 1 aliphatic carbocycles. The van der Waals surface area contributed by atoms with Gasteiger partial charge < -0.3 is 5.32 Å². The molecule has 0 aliphatic heterocycles. The molecule has 0 radical (unpaired) electrons. The van der Waals surface area contributed by atoms with Crippen LogP contribution in [0.5, 0.6) is 0 Å². The minimum atomic E-state index is -4.57. The zero-order valence-electron chi connectivity index (χ0n) is 14.6. The summed E-state index contributed by atoms with van der Waals surface area (Å²) in [5.41, 5.74) is 1.23. The van der Waals surface area contributed by atoms with Gasteiger partial charge in [-0.25, -0.2) is 0 Å². The fraction of sp³-hybridized carbons (Fsp3) is 0.562. The summed E-state index contributed by atoms with van der Waals surface area (Å²) in [5, 5.41) is 10.6. The number of nitrogens with zero attached hydrogens (tertiary/aromatic N) is 4. The number of rotatable bonds is 5.